The highest BCUT2D eigenvalue weighted by Crippen LogP contribution is 2.13. The monoisotopic (exact) mass is 329 g/mol. The number of rotatable bonds is 4. The number of hydrogen-bond acceptors (Lipinski definition) is 4. The van der Waals surface area contributed by atoms with Crippen LogP contribution in [0, 0.1) is 6.92 Å². The topological polar surface area (TPSA) is 89.2 Å². The van der Waals surface area contributed by atoms with Gasteiger partial charge in [0.15, 0.2) is 0 Å². The molecule has 0 atom stereocenters. The fourth-order valence-corrected chi connectivity index (χ4v) is 2.71. The molecule has 0 unspecified atom stereocenters. The molecule has 0 saturated carbocycles. The third kappa shape index (κ3) is 2.82. The number of fused-ring (bicyclic) bond motifs is 1. The largest absolute Gasteiger partial charge is 0.346 e. The molecule has 0 radical (unpaired) electrons. The second kappa shape index (κ2) is 6.31. The van der Waals surface area contributed by atoms with E-state index in [2.05, 4.69) is 10.4 Å². The van der Waals surface area contributed by atoms with E-state index in [1.54, 1.807) is 11.0 Å². The first-order valence-electron chi connectivity index (χ1n) is 7.83. The molecule has 2 amide bonds. The van der Waals surface area contributed by atoms with Gasteiger partial charge in [-0.25, -0.2) is 9.48 Å². The lowest BCUT2D eigenvalue weighted by Crippen LogP contribution is -2.42. The van der Waals surface area contributed by atoms with Crippen LogP contribution in [0.15, 0.2) is 29.1 Å². The molecule has 0 fully saturated rings. The zero-order valence-electron chi connectivity index (χ0n) is 13.7. The van der Waals surface area contributed by atoms with Crippen molar-refractivity contribution < 1.29 is 9.59 Å². The van der Waals surface area contributed by atoms with Crippen molar-refractivity contribution in [1.82, 2.24) is 19.2 Å². The van der Waals surface area contributed by atoms with Crippen LogP contribution in [-0.2, 0) is 17.9 Å². The Balaban J connectivity index is 1.79. The maximum absolute atomic E-state index is 12.3. The predicted octanol–water partition coefficient (Wildman–Crippen LogP) is 0.468. The van der Waals surface area contributed by atoms with Gasteiger partial charge in [0.2, 0.25) is 11.7 Å². The van der Waals surface area contributed by atoms with Gasteiger partial charge in [-0.2, -0.15) is 0 Å². The van der Waals surface area contributed by atoms with Crippen LogP contribution >= 0.6 is 0 Å². The smallest absolute Gasteiger partial charge is 0.334 e. The van der Waals surface area contributed by atoms with Crippen LogP contribution in [0.1, 0.15) is 23.1 Å². The van der Waals surface area contributed by atoms with E-state index in [0.29, 0.717) is 25.3 Å². The summed E-state index contributed by atoms with van der Waals surface area (Å²) in [5, 5.41) is 6.80. The average Bonchev–Trinajstić information content (AvgIpc) is 2.87. The van der Waals surface area contributed by atoms with Crippen LogP contribution in [0.25, 0.3) is 0 Å². The van der Waals surface area contributed by atoms with Gasteiger partial charge in [0.25, 0.3) is 5.91 Å². The van der Waals surface area contributed by atoms with E-state index in [1.807, 2.05) is 32.0 Å². The fourth-order valence-electron chi connectivity index (χ4n) is 2.71. The lowest BCUT2D eigenvalue weighted by atomic mass is 10.2. The van der Waals surface area contributed by atoms with Gasteiger partial charge < -0.3 is 10.2 Å². The SMILES string of the molecule is CCN1CCn2c(nn(CC(=O)Nc3ccccc3C)c2=O)C1=O. The molecule has 24 heavy (non-hydrogen) atoms. The first-order valence-corrected chi connectivity index (χ1v) is 7.83. The molecule has 8 heteroatoms. The Morgan fingerprint density at radius 1 is 1.25 bits per heavy atom. The van der Waals surface area contributed by atoms with Crippen molar-refractivity contribution >= 4 is 17.5 Å². The van der Waals surface area contributed by atoms with Crippen LogP contribution in [0.2, 0.25) is 0 Å². The summed E-state index contributed by atoms with van der Waals surface area (Å²) in [7, 11) is 0. The summed E-state index contributed by atoms with van der Waals surface area (Å²) < 4.78 is 2.37. The molecule has 1 aromatic carbocycles. The van der Waals surface area contributed by atoms with Gasteiger partial charge in [0.1, 0.15) is 6.54 Å². The fraction of sp³-hybridized carbons (Fsp3) is 0.375. The number of amides is 2. The molecule has 1 aromatic heterocycles. The zero-order valence-corrected chi connectivity index (χ0v) is 13.7. The molecule has 8 nitrogen and oxygen atoms in total. The molecule has 1 N–H and O–H groups in total. The molecular formula is C16H19N5O3. The maximum atomic E-state index is 12.3. The number of carbonyl (C=O) groups excluding carboxylic acids is 2. The minimum atomic E-state index is -0.436. The number of nitrogens with one attached hydrogen (secondary N) is 1. The van der Waals surface area contributed by atoms with E-state index < -0.39 is 5.69 Å². The summed E-state index contributed by atoms with van der Waals surface area (Å²) in [5.74, 6) is -0.544. The normalized spacial score (nSPS) is 13.8. The number of benzene rings is 1. The Kier molecular flexibility index (Phi) is 4.20. The third-order valence-corrected chi connectivity index (χ3v) is 4.09. The highest BCUT2D eigenvalue weighted by atomic mass is 16.2. The number of para-hydroxylation sites is 1. The van der Waals surface area contributed by atoms with Crippen molar-refractivity contribution in [2.75, 3.05) is 18.4 Å². The molecule has 2 aromatic rings. The van der Waals surface area contributed by atoms with E-state index in [1.165, 1.54) is 4.57 Å². The van der Waals surface area contributed by atoms with Crippen molar-refractivity contribution in [1.29, 1.82) is 0 Å². The van der Waals surface area contributed by atoms with Crippen LogP contribution in [0.5, 0.6) is 0 Å². The highest BCUT2D eigenvalue weighted by Gasteiger charge is 2.28. The lowest BCUT2D eigenvalue weighted by Gasteiger charge is -2.24. The first kappa shape index (κ1) is 16.0. The quantitative estimate of drug-likeness (QED) is 0.883. The second-order valence-electron chi connectivity index (χ2n) is 5.66. The van der Waals surface area contributed by atoms with E-state index in [-0.39, 0.29) is 24.2 Å². The van der Waals surface area contributed by atoms with Crippen LogP contribution in [0.3, 0.4) is 0 Å². The maximum Gasteiger partial charge on any atom is 0.346 e. The van der Waals surface area contributed by atoms with Gasteiger partial charge in [-0.1, -0.05) is 18.2 Å². The van der Waals surface area contributed by atoms with E-state index in [0.717, 1.165) is 10.2 Å². The number of aromatic nitrogens is 3. The third-order valence-electron chi connectivity index (χ3n) is 4.09. The van der Waals surface area contributed by atoms with Gasteiger partial charge in [-0.15, -0.1) is 5.10 Å². The standard InChI is InChI=1S/C16H19N5O3/c1-3-19-8-9-20-14(15(19)23)18-21(16(20)24)10-13(22)17-12-7-5-4-6-11(12)2/h4-7H,3,8-10H2,1-2H3,(H,17,22). The molecule has 0 saturated heterocycles. The summed E-state index contributed by atoms with van der Waals surface area (Å²) in [6.07, 6.45) is 0. The second-order valence-corrected chi connectivity index (χ2v) is 5.66. The van der Waals surface area contributed by atoms with Crippen molar-refractivity contribution in [3.05, 3.63) is 46.1 Å². The lowest BCUT2D eigenvalue weighted by molar-refractivity contribution is -0.117. The minimum Gasteiger partial charge on any atom is -0.334 e. The molecule has 126 valence electrons. The van der Waals surface area contributed by atoms with Gasteiger partial charge in [-0.3, -0.25) is 14.2 Å². The van der Waals surface area contributed by atoms with Gasteiger partial charge in [0.05, 0.1) is 0 Å². The van der Waals surface area contributed by atoms with Gasteiger partial charge >= 0.3 is 5.69 Å². The van der Waals surface area contributed by atoms with E-state index in [4.69, 9.17) is 0 Å². The first-order chi connectivity index (χ1) is 11.5. The molecule has 0 bridgehead atoms. The Morgan fingerprint density at radius 2 is 2.00 bits per heavy atom. The molecule has 0 aliphatic carbocycles. The Labute approximate surface area is 138 Å². The van der Waals surface area contributed by atoms with Crippen molar-refractivity contribution in [3.8, 4) is 0 Å². The van der Waals surface area contributed by atoms with Crippen molar-refractivity contribution in [2.24, 2.45) is 0 Å². The van der Waals surface area contributed by atoms with Crippen LogP contribution in [-0.4, -0.2) is 44.2 Å². The zero-order chi connectivity index (χ0) is 17.3. The summed E-state index contributed by atoms with van der Waals surface area (Å²) in [4.78, 5) is 38.4. The Hall–Kier alpha value is -2.90. The Bertz CT molecular complexity index is 852. The molecular weight excluding hydrogens is 310 g/mol. The molecule has 2 heterocycles. The van der Waals surface area contributed by atoms with Crippen LogP contribution < -0.4 is 11.0 Å². The molecule has 1 aliphatic rings. The predicted molar refractivity (Wildman–Crippen MR) is 87.9 cm³/mol. The van der Waals surface area contributed by atoms with Gasteiger partial charge in [0, 0.05) is 25.3 Å². The highest BCUT2D eigenvalue weighted by molar-refractivity contribution is 5.92. The average molecular weight is 329 g/mol. The number of aryl methyl sites for hydroxylation is 1. The summed E-state index contributed by atoms with van der Waals surface area (Å²) in [5.41, 5.74) is 1.18. The van der Waals surface area contributed by atoms with E-state index >= 15 is 0 Å². The van der Waals surface area contributed by atoms with E-state index in [9.17, 15) is 14.4 Å². The summed E-state index contributed by atoms with van der Waals surface area (Å²) in [6.45, 7) is 4.96. The number of anilines is 1. The van der Waals surface area contributed by atoms with Crippen molar-refractivity contribution in [2.45, 2.75) is 26.9 Å². The minimum absolute atomic E-state index is 0.0943. The number of hydrogen-bond donors (Lipinski definition) is 1. The Morgan fingerprint density at radius 3 is 2.71 bits per heavy atom. The molecule has 0 spiro atoms. The molecule has 1 aliphatic heterocycles. The summed E-state index contributed by atoms with van der Waals surface area (Å²) >= 11 is 0. The number of likely N-dealkylation sites (N-methyl/N-ethyl adjacent to an activating group) is 1. The van der Waals surface area contributed by atoms with Gasteiger partial charge in [-0.05, 0) is 25.5 Å². The van der Waals surface area contributed by atoms with Crippen molar-refractivity contribution in [3.63, 3.8) is 0 Å². The molecule has 3 rings (SSSR count). The van der Waals surface area contributed by atoms with Crippen LogP contribution in [0.4, 0.5) is 5.69 Å². The summed E-state index contributed by atoms with van der Waals surface area (Å²) in [6, 6.07) is 7.37. The number of nitrogens with zero attached hydrogens (tertiary/aromatic N) is 4. The number of carbonyl (C=O) groups is 2.